The van der Waals surface area contributed by atoms with Crippen LogP contribution < -0.4 is 0 Å². The Morgan fingerprint density at radius 3 is 2.59 bits per heavy atom. The number of hydrogen-bond acceptors (Lipinski definition) is 4. The standard InChI is InChI=1S/C18H32O4/c1-11(2)18-13(4)15(19)10-16-12(3)8-9-14(21-16)6-5-7-17(20)22-18/h11-16,18-19H,5-10H2,1-4H3/t12-,13-,14+,15-,16+,18+/m0/s1. The molecule has 0 saturated carbocycles. The van der Waals surface area contributed by atoms with Crippen LogP contribution in [0.2, 0.25) is 0 Å². The zero-order valence-electron chi connectivity index (χ0n) is 14.5. The molecule has 6 atom stereocenters. The minimum absolute atomic E-state index is 0.0699. The van der Waals surface area contributed by atoms with Gasteiger partial charge in [-0.1, -0.05) is 27.7 Å². The molecule has 22 heavy (non-hydrogen) atoms. The fourth-order valence-corrected chi connectivity index (χ4v) is 3.79. The highest BCUT2D eigenvalue weighted by Gasteiger charge is 2.36. The SMILES string of the molecule is CC(C)[C@H]1OC(=O)CCC[C@@H]2CC[C@H](C)[C@@H](C[C@H](O)[C@@H]1C)O2. The van der Waals surface area contributed by atoms with Gasteiger partial charge in [0.1, 0.15) is 6.10 Å². The summed E-state index contributed by atoms with van der Waals surface area (Å²) < 4.78 is 11.9. The Kier molecular flexibility index (Phi) is 6.27. The molecule has 1 N–H and O–H groups in total. The van der Waals surface area contributed by atoms with Crippen molar-refractivity contribution < 1.29 is 19.4 Å². The summed E-state index contributed by atoms with van der Waals surface area (Å²) in [6.45, 7) is 8.29. The van der Waals surface area contributed by atoms with Crippen molar-refractivity contribution in [2.45, 2.75) is 90.6 Å². The van der Waals surface area contributed by atoms with Crippen molar-refractivity contribution in [2.24, 2.45) is 17.8 Å². The number of ether oxygens (including phenoxy) is 2. The van der Waals surface area contributed by atoms with E-state index in [4.69, 9.17) is 9.47 Å². The van der Waals surface area contributed by atoms with Crippen molar-refractivity contribution in [3.8, 4) is 0 Å². The van der Waals surface area contributed by atoms with Crippen LogP contribution in [0.1, 0.15) is 66.2 Å². The molecule has 2 aliphatic rings. The molecule has 0 aromatic heterocycles. The Balaban J connectivity index is 2.13. The normalized spacial score (nSPS) is 41.5. The second-order valence-electron chi connectivity index (χ2n) is 7.60. The van der Waals surface area contributed by atoms with Crippen LogP contribution in [0.25, 0.3) is 0 Å². The van der Waals surface area contributed by atoms with E-state index < -0.39 is 6.10 Å². The minimum atomic E-state index is -0.495. The number of cyclic esters (lactones) is 1. The number of carbonyl (C=O) groups is 1. The van der Waals surface area contributed by atoms with Gasteiger partial charge in [0.2, 0.25) is 0 Å². The van der Waals surface area contributed by atoms with Gasteiger partial charge in [0, 0.05) is 18.8 Å². The Hall–Kier alpha value is -0.610. The van der Waals surface area contributed by atoms with Crippen LogP contribution >= 0.6 is 0 Å². The third-order valence-electron chi connectivity index (χ3n) is 5.38. The number of hydrogen-bond donors (Lipinski definition) is 1. The third-order valence-corrected chi connectivity index (χ3v) is 5.38. The molecule has 4 heteroatoms. The Morgan fingerprint density at radius 1 is 1.18 bits per heavy atom. The first-order valence-corrected chi connectivity index (χ1v) is 8.91. The summed E-state index contributed by atoms with van der Waals surface area (Å²) in [5, 5.41) is 10.6. The molecule has 0 radical (unpaired) electrons. The highest BCUT2D eigenvalue weighted by Crippen LogP contribution is 2.33. The number of aliphatic hydroxyl groups is 1. The van der Waals surface area contributed by atoms with Gasteiger partial charge < -0.3 is 14.6 Å². The maximum atomic E-state index is 12.0. The molecule has 2 fully saturated rings. The number of carbonyl (C=O) groups excluding carboxylic acids is 1. The van der Waals surface area contributed by atoms with Gasteiger partial charge in [-0.15, -0.1) is 0 Å². The average molecular weight is 312 g/mol. The van der Waals surface area contributed by atoms with Crippen LogP contribution in [-0.4, -0.2) is 35.5 Å². The summed E-state index contributed by atoms with van der Waals surface area (Å²) in [7, 11) is 0. The number of esters is 1. The van der Waals surface area contributed by atoms with Crippen LogP contribution in [0.15, 0.2) is 0 Å². The molecule has 4 nitrogen and oxygen atoms in total. The molecule has 2 heterocycles. The number of aliphatic hydroxyl groups excluding tert-OH is 1. The summed E-state index contributed by atoms with van der Waals surface area (Å²) >= 11 is 0. The van der Waals surface area contributed by atoms with E-state index in [0.29, 0.717) is 18.8 Å². The molecule has 0 unspecified atom stereocenters. The molecule has 0 aromatic carbocycles. The van der Waals surface area contributed by atoms with Gasteiger partial charge in [0.25, 0.3) is 0 Å². The lowest BCUT2D eigenvalue weighted by Crippen LogP contribution is -2.42. The predicted molar refractivity (Wildman–Crippen MR) is 85.4 cm³/mol. The van der Waals surface area contributed by atoms with Gasteiger partial charge >= 0.3 is 5.97 Å². The van der Waals surface area contributed by atoms with Crippen molar-refractivity contribution in [2.75, 3.05) is 0 Å². The molecule has 2 rings (SSSR count). The average Bonchev–Trinajstić information content (AvgIpc) is 2.46. The highest BCUT2D eigenvalue weighted by molar-refractivity contribution is 5.69. The molecule has 128 valence electrons. The van der Waals surface area contributed by atoms with E-state index in [2.05, 4.69) is 6.92 Å². The first kappa shape index (κ1) is 17.7. The first-order valence-electron chi connectivity index (χ1n) is 8.91. The van der Waals surface area contributed by atoms with Crippen LogP contribution in [0, 0.1) is 17.8 Å². The molecule has 0 aromatic rings. The smallest absolute Gasteiger partial charge is 0.306 e. The first-order chi connectivity index (χ1) is 10.4. The molecule has 0 aliphatic carbocycles. The zero-order valence-corrected chi connectivity index (χ0v) is 14.5. The van der Waals surface area contributed by atoms with Crippen molar-refractivity contribution >= 4 is 5.97 Å². The maximum absolute atomic E-state index is 12.0. The van der Waals surface area contributed by atoms with E-state index in [1.54, 1.807) is 0 Å². The molecular weight excluding hydrogens is 280 g/mol. The zero-order chi connectivity index (χ0) is 16.3. The summed E-state index contributed by atoms with van der Waals surface area (Å²) in [5.74, 6) is 0.480. The molecule has 2 bridgehead atoms. The van der Waals surface area contributed by atoms with Crippen LogP contribution in [0.4, 0.5) is 0 Å². The van der Waals surface area contributed by atoms with Crippen molar-refractivity contribution in [3.63, 3.8) is 0 Å². The Bertz CT molecular complexity index is 368. The second kappa shape index (κ2) is 7.78. The second-order valence-corrected chi connectivity index (χ2v) is 7.60. The molecular formula is C18H32O4. The summed E-state index contributed by atoms with van der Waals surface area (Å²) in [4.78, 5) is 12.0. The number of fused-ring (bicyclic) bond motifs is 2. The monoisotopic (exact) mass is 312 g/mol. The topological polar surface area (TPSA) is 55.8 Å². The van der Waals surface area contributed by atoms with Gasteiger partial charge in [0.15, 0.2) is 0 Å². The summed E-state index contributed by atoms with van der Waals surface area (Å²) in [6, 6.07) is 0. The maximum Gasteiger partial charge on any atom is 0.306 e. The lowest BCUT2D eigenvalue weighted by atomic mass is 9.83. The van der Waals surface area contributed by atoms with Gasteiger partial charge in [-0.3, -0.25) is 4.79 Å². The molecule has 0 spiro atoms. The number of rotatable bonds is 1. The summed E-state index contributed by atoms with van der Waals surface area (Å²) in [6.07, 6.45) is 4.67. The Labute approximate surface area is 134 Å². The molecule has 0 amide bonds. The van der Waals surface area contributed by atoms with E-state index in [1.807, 2.05) is 20.8 Å². The fraction of sp³-hybridized carbons (Fsp3) is 0.944. The van der Waals surface area contributed by atoms with Gasteiger partial charge in [-0.25, -0.2) is 0 Å². The fourth-order valence-electron chi connectivity index (χ4n) is 3.79. The highest BCUT2D eigenvalue weighted by atomic mass is 16.5. The van der Waals surface area contributed by atoms with Crippen molar-refractivity contribution in [1.29, 1.82) is 0 Å². The van der Waals surface area contributed by atoms with Crippen LogP contribution in [0.3, 0.4) is 0 Å². The van der Waals surface area contributed by atoms with Gasteiger partial charge in [-0.2, -0.15) is 0 Å². The van der Waals surface area contributed by atoms with Crippen molar-refractivity contribution in [3.05, 3.63) is 0 Å². The van der Waals surface area contributed by atoms with E-state index in [-0.39, 0.29) is 36.1 Å². The van der Waals surface area contributed by atoms with Gasteiger partial charge in [0.05, 0.1) is 18.3 Å². The largest absolute Gasteiger partial charge is 0.462 e. The lowest BCUT2D eigenvalue weighted by Gasteiger charge is -2.39. The Morgan fingerprint density at radius 2 is 1.91 bits per heavy atom. The molecule has 2 saturated heterocycles. The van der Waals surface area contributed by atoms with Crippen LogP contribution in [0.5, 0.6) is 0 Å². The lowest BCUT2D eigenvalue weighted by molar-refractivity contribution is -0.161. The van der Waals surface area contributed by atoms with Crippen LogP contribution in [-0.2, 0) is 14.3 Å². The minimum Gasteiger partial charge on any atom is -0.462 e. The van der Waals surface area contributed by atoms with E-state index in [9.17, 15) is 9.90 Å². The van der Waals surface area contributed by atoms with Gasteiger partial charge in [-0.05, 0) is 37.5 Å². The predicted octanol–water partition coefficient (Wildman–Crippen LogP) is 3.31. The summed E-state index contributed by atoms with van der Waals surface area (Å²) in [5.41, 5.74) is 0. The van der Waals surface area contributed by atoms with Crippen molar-refractivity contribution in [1.82, 2.24) is 0 Å². The van der Waals surface area contributed by atoms with E-state index in [1.165, 1.54) is 0 Å². The molecule has 2 aliphatic heterocycles. The third kappa shape index (κ3) is 4.45. The van der Waals surface area contributed by atoms with E-state index >= 15 is 0 Å². The van der Waals surface area contributed by atoms with E-state index in [0.717, 1.165) is 25.7 Å². The quantitative estimate of drug-likeness (QED) is 0.755.